The average molecular weight is 391 g/mol. The van der Waals surface area contributed by atoms with Crippen LogP contribution in [-0.2, 0) is 11.5 Å². The molecule has 0 heterocycles. The molecule has 0 aromatic heterocycles. The lowest BCUT2D eigenvalue weighted by Gasteiger charge is -2.25. The molecule has 0 saturated carbocycles. The molecule has 3 aromatic carbocycles. The normalized spacial score (nSPS) is 15.0. The Kier molecular flexibility index (Phi) is 5.19. The van der Waals surface area contributed by atoms with Crippen LogP contribution in [0.1, 0.15) is 31.8 Å². The maximum absolute atomic E-state index is 13.3. The van der Waals surface area contributed by atoms with Crippen LogP contribution in [0.15, 0.2) is 84.9 Å². The minimum Gasteiger partial charge on any atom is -0.291 e. The standard InChI is InChI=1S/C23H18O2S2/c24-21-19-13-7-8-14-20(19)22(25)23(21,26-15-17-9-3-1-4-10-17)27-16-18-11-5-2-6-12-18/h1-14H,15-16H2. The number of ketones is 2. The molecule has 0 fully saturated rings. The Balaban J connectivity index is 1.65. The Morgan fingerprint density at radius 1 is 0.556 bits per heavy atom. The van der Waals surface area contributed by atoms with Crippen molar-refractivity contribution in [1.82, 2.24) is 0 Å². The number of thioether (sulfide) groups is 2. The largest absolute Gasteiger partial charge is 0.291 e. The molecule has 134 valence electrons. The van der Waals surface area contributed by atoms with Crippen LogP contribution in [0.4, 0.5) is 0 Å². The molecule has 0 aliphatic heterocycles. The average Bonchev–Trinajstić information content (AvgIpc) is 2.95. The van der Waals surface area contributed by atoms with Gasteiger partial charge < -0.3 is 0 Å². The third kappa shape index (κ3) is 3.47. The summed E-state index contributed by atoms with van der Waals surface area (Å²) in [4.78, 5) is 26.6. The zero-order valence-corrected chi connectivity index (χ0v) is 16.3. The van der Waals surface area contributed by atoms with Gasteiger partial charge >= 0.3 is 0 Å². The maximum atomic E-state index is 13.3. The second-order valence-electron chi connectivity index (χ2n) is 6.37. The lowest BCUT2D eigenvalue weighted by Crippen LogP contribution is -2.34. The Morgan fingerprint density at radius 3 is 1.33 bits per heavy atom. The van der Waals surface area contributed by atoms with Crippen LogP contribution < -0.4 is 0 Å². The van der Waals surface area contributed by atoms with Crippen molar-refractivity contribution in [1.29, 1.82) is 0 Å². The van der Waals surface area contributed by atoms with E-state index >= 15 is 0 Å². The first kappa shape index (κ1) is 18.1. The quantitative estimate of drug-likeness (QED) is 0.404. The highest BCUT2D eigenvalue weighted by Gasteiger charge is 2.53. The topological polar surface area (TPSA) is 34.1 Å². The van der Waals surface area contributed by atoms with Crippen LogP contribution in [0.3, 0.4) is 0 Å². The van der Waals surface area contributed by atoms with Gasteiger partial charge in [-0.2, -0.15) is 0 Å². The molecular formula is C23H18O2S2. The Hall–Kier alpha value is -2.30. The Labute approximate surface area is 167 Å². The second-order valence-corrected chi connectivity index (χ2v) is 9.01. The van der Waals surface area contributed by atoms with Crippen LogP contribution >= 0.6 is 23.5 Å². The minimum absolute atomic E-state index is 0.0787. The van der Waals surface area contributed by atoms with Crippen molar-refractivity contribution in [3.63, 3.8) is 0 Å². The van der Waals surface area contributed by atoms with Crippen LogP contribution in [0.2, 0.25) is 0 Å². The third-order valence-corrected chi connectivity index (χ3v) is 7.80. The second kappa shape index (κ2) is 7.75. The number of carbonyl (C=O) groups excluding carboxylic acids is 2. The highest BCUT2D eigenvalue weighted by Crippen LogP contribution is 2.50. The summed E-state index contributed by atoms with van der Waals surface area (Å²) in [6.07, 6.45) is 0. The molecule has 3 aromatic rings. The lowest BCUT2D eigenvalue weighted by molar-refractivity contribution is 0.0916. The van der Waals surface area contributed by atoms with E-state index in [2.05, 4.69) is 0 Å². The Bertz CT molecular complexity index is 887. The number of hydrogen-bond acceptors (Lipinski definition) is 4. The lowest BCUT2D eigenvalue weighted by atomic mass is 10.1. The number of carbonyl (C=O) groups is 2. The number of Topliss-reactive ketones (excluding diaryl/α,β-unsaturated/α-hetero) is 2. The van der Waals surface area contributed by atoms with Crippen molar-refractivity contribution in [3.8, 4) is 0 Å². The first-order chi connectivity index (χ1) is 13.2. The van der Waals surface area contributed by atoms with Gasteiger partial charge in [0.05, 0.1) is 0 Å². The molecule has 0 bridgehead atoms. The first-order valence-corrected chi connectivity index (χ1v) is 10.7. The SMILES string of the molecule is O=C1c2ccccc2C(=O)C1(SCc1ccccc1)SCc1ccccc1. The van der Waals surface area contributed by atoms with Gasteiger partial charge in [-0.25, -0.2) is 0 Å². The van der Waals surface area contributed by atoms with Gasteiger partial charge in [-0.3, -0.25) is 9.59 Å². The Morgan fingerprint density at radius 2 is 0.926 bits per heavy atom. The van der Waals surface area contributed by atoms with Crippen molar-refractivity contribution < 1.29 is 9.59 Å². The zero-order valence-electron chi connectivity index (χ0n) is 14.6. The smallest absolute Gasteiger partial charge is 0.197 e. The summed E-state index contributed by atoms with van der Waals surface area (Å²) in [6.45, 7) is 0. The summed E-state index contributed by atoms with van der Waals surface area (Å²) >= 11 is 2.88. The van der Waals surface area contributed by atoms with Crippen molar-refractivity contribution in [2.45, 2.75) is 15.6 Å². The van der Waals surface area contributed by atoms with E-state index in [4.69, 9.17) is 0 Å². The number of fused-ring (bicyclic) bond motifs is 1. The molecule has 1 aliphatic rings. The molecule has 0 amide bonds. The van der Waals surface area contributed by atoms with E-state index in [0.29, 0.717) is 22.6 Å². The third-order valence-electron chi connectivity index (χ3n) is 4.58. The van der Waals surface area contributed by atoms with E-state index in [0.717, 1.165) is 11.1 Å². The van der Waals surface area contributed by atoms with Crippen molar-refractivity contribution in [3.05, 3.63) is 107 Å². The summed E-state index contributed by atoms with van der Waals surface area (Å²) in [5, 5.41) is 0. The van der Waals surface area contributed by atoms with Crippen LogP contribution in [0.5, 0.6) is 0 Å². The first-order valence-electron chi connectivity index (χ1n) is 8.75. The molecular weight excluding hydrogens is 372 g/mol. The van der Waals surface area contributed by atoms with E-state index in [-0.39, 0.29) is 11.6 Å². The molecule has 4 rings (SSSR count). The number of hydrogen-bond donors (Lipinski definition) is 0. The van der Waals surface area contributed by atoms with Gasteiger partial charge in [-0.1, -0.05) is 84.9 Å². The van der Waals surface area contributed by atoms with Gasteiger partial charge in [-0.15, -0.1) is 23.5 Å². The van der Waals surface area contributed by atoms with E-state index < -0.39 is 4.08 Å². The number of rotatable bonds is 6. The highest BCUT2D eigenvalue weighted by atomic mass is 32.2. The minimum atomic E-state index is -1.12. The van der Waals surface area contributed by atoms with Crippen LogP contribution in [-0.4, -0.2) is 15.6 Å². The van der Waals surface area contributed by atoms with E-state index in [1.807, 2.05) is 72.8 Å². The molecule has 4 heteroatoms. The van der Waals surface area contributed by atoms with Crippen LogP contribution in [0, 0.1) is 0 Å². The summed E-state index contributed by atoms with van der Waals surface area (Å²) in [5.74, 6) is 1.08. The van der Waals surface area contributed by atoms with Crippen molar-refractivity contribution in [2.24, 2.45) is 0 Å². The van der Waals surface area contributed by atoms with Crippen molar-refractivity contribution >= 4 is 35.1 Å². The van der Waals surface area contributed by atoms with Gasteiger partial charge in [0, 0.05) is 22.6 Å². The summed E-state index contributed by atoms with van der Waals surface area (Å²) in [6, 6.07) is 27.1. The zero-order chi connectivity index (χ0) is 18.7. The monoisotopic (exact) mass is 390 g/mol. The summed E-state index contributed by atoms with van der Waals surface area (Å²) in [5.41, 5.74) is 3.31. The van der Waals surface area contributed by atoms with Crippen molar-refractivity contribution in [2.75, 3.05) is 0 Å². The van der Waals surface area contributed by atoms with Gasteiger partial charge in [0.15, 0.2) is 15.6 Å². The van der Waals surface area contributed by atoms with Gasteiger partial charge in [-0.05, 0) is 11.1 Å². The summed E-state index contributed by atoms with van der Waals surface area (Å²) in [7, 11) is 0. The predicted octanol–water partition coefficient (Wildman–Crippen LogP) is 5.63. The molecule has 0 spiro atoms. The molecule has 0 atom stereocenters. The summed E-state index contributed by atoms with van der Waals surface area (Å²) < 4.78 is -1.12. The van der Waals surface area contributed by atoms with Crippen LogP contribution in [0.25, 0.3) is 0 Å². The molecule has 27 heavy (non-hydrogen) atoms. The fourth-order valence-corrected chi connectivity index (χ4v) is 5.93. The fraction of sp³-hybridized carbons (Fsp3) is 0.130. The molecule has 0 unspecified atom stereocenters. The molecule has 2 nitrogen and oxygen atoms in total. The molecule has 1 aliphatic carbocycles. The molecule has 0 radical (unpaired) electrons. The van der Waals surface area contributed by atoms with E-state index in [1.165, 1.54) is 23.5 Å². The molecule has 0 saturated heterocycles. The van der Waals surface area contributed by atoms with Gasteiger partial charge in [0.25, 0.3) is 0 Å². The van der Waals surface area contributed by atoms with Gasteiger partial charge in [0.2, 0.25) is 0 Å². The van der Waals surface area contributed by atoms with Gasteiger partial charge in [0.1, 0.15) is 0 Å². The molecule has 0 N–H and O–H groups in total. The van der Waals surface area contributed by atoms with E-state index in [1.54, 1.807) is 12.1 Å². The predicted molar refractivity (Wildman–Crippen MR) is 113 cm³/mol. The highest BCUT2D eigenvalue weighted by molar-refractivity contribution is 8.20. The maximum Gasteiger partial charge on any atom is 0.197 e. The fourth-order valence-electron chi connectivity index (χ4n) is 3.16. The number of benzene rings is 3. The van der Waals surface area contributed by atoms with E-state index in [9.17, 15) is 9.59 Å².